The van der Waals surface area contributed by atoms with Gasteiger partial charge in [0.25, 0.3) is 11.8 Å². The monoisotopic (exact) mass is 154 g/mol. The second-order valence-corrected chi connectivity index (χ2v) is 3.24. The van der Waals surface area contributed by atoms with Gasteiger partial charge in [-0.05, 0) is 12.8 Å². The standard InChI is InChI=1S/C7H10N2O2/c1-8-5(10)7(3-4-7)6(11)9(8)2/h3-4H2,1-2H3. The van der Waals surface area contributed by atoms with Gasteiger partial charge in [-0.15, -0.1) is 0 Å². The van der Waals surface area contributed by atoms with Crippen LogP contribution in [0, 0.1) is 5.41 Å². The zero-order valence-electron chi connectivity index (χ0n) is 6.63. The third-order valence-corrected chi connectivity index (χ3v) is 2.61. The molecule has 4 nitrogen and oxygen atoms in total. The Morgan fingerprint density at radius 3 is 1.64 bits per heavy atom. The van der Waals surface area contributed by atoms with Crippen molar-refractivity contribution in [2.75, 3.05) is 14.1 Å². The number of carbonyl (C=O) groups excluding carboxylic acids is 2. The average Bonchev–Trinajstić information content (AvgIpc) is 2.76. The maximum Gasteiger partial charge on any atom is 0.256 e. The fourth-order valence-corrected chi connectivity index (χ4v) is 1.54. The topological polar surface area (TPSA) is 40.6 Å². The van der Waals surface area contributed by atoms with Crippen LogP contribution >= 0.6 is 0 Å². The Hall–Kier alpha value is -1.06. The Kier molecular flexibility index (Phi) is 0.948. The van der Waals surface area contributed by atoms with E-state index in [4.69, 9.17) is 0 Å². The molecule has 4 heteroatoms. The second-order valence-electron chi connectivity index (χ2n) is 3.24. The van der Waals surface area contributed by atoms with Gasteiger partial charge >= 0.3 is 0 Å². The molecule has 1 saturated heterocycles. The van der Waals surface area contributed by atoms with E-state index in [-0.39, 0.29) is 11.8 Å². The molecule has 1 heterocycles. The summed E-state index contributed by atoms with van der Waals surface area (Å²) in [6, 6.07) is 0. The summed E-state index contributed by atoms with van der Waals surface area (Å²) in [5.41, 5.74) is -0.622. The Balaban J connectivity index is 2.39. The molecule has 0 unspecified atom stereocenters. The molecule has 2 fully saturated rings. The van der Waals surface area contributed by atoms with E-state index in [0.717, 1.165) is 12.8 Å². The van der Waals surface area contributed by atoms with Crippen molar-refractivity contribution in [3.63, 3.8) is 0 Å². The quantitative estimate of drug-likeness (QED) is 0.446. The number of hydrazine groups is 1. The van der Waals surface area contributed by atoms with Gasteiger partial charge in [-0.25, -0.2) is 0 Å². The van der Waals surface area contributed by atoms with Crippen LogP contribution in [-0.4, -0.2) is 35.9 Å². The minimum atomic E-state index is -0.622. The maximum atomic E-state index is 11.4. The molecule has 0 aromatic rings. The molecule has 0 bridgehead atoms. The number of hydrogen-bond donors (Lipinski definition) is 0. The minimum Gasteiger partial charge on any atom is -0.272 e. The Morgan fingerprint density at radius 1 is 1.09 bits per heavy atom. The van der Waals surface area contributed by atoms with E-state index in [1.807, 2.05) is 0 Å². The van der Waals surface area contributed by atoms with Gasteiger partial charge in [0.1, 0.15) is 5.41 Å². The Bertz CT molecular complexity index is 223. The van der Waals surface area contributed by atoms with Gasteiger partial charge in [0.15, 0.2) is 0 Å². The van der Waals surface area contributed by atoms with Crippen LogP contribution in [-0.2, 0) is 9.59 Å². The fraction of sp³-hybridized carbons (Fsp3) is 0.714. The van der Waals surface area contributed by atoms with E-state index >= 15 is 0 Å². The Labute approximate surface area is 64.7 Å². The lowest BCUT2D eigenvalue weighted by Gasteiger charge is -2.17. The molecule has 1 saturated carbocycles. The summed E-state index contributed by atoms with van der Waals surface area (Å²) < 4.78 is 0. The zero-order chi connectivity index (χ0) is 8.22. The zero-order valence-corrected chi connectivity index (χ0v) is 6.63. The fourth-order valence-electron chi connectivity index (χ4n) is 1.54. The molecule has 0 aromatic heterocycles. The molecule has 11 heavy (non-hydrogen) atoms. The van der Waals surface area contributed by atoms with Gasteiger partial charge < -0.3 is 0 Å². The highest BCUT2D eigenvalue weighted by Crippen LogP contribution is 2.51. The molecule has 2 amide bonds. The molecule has 0 atom stereocenters. The minimum absolute atomic E-state index is 0.0370. The normalized spacial score (nSPS) is 27.1. The van der Waals surface area contributed by atoms with E-state index in [1.54, 1.807) is 14.1 Å². The van der Waals surface area contributed by atoms with Gasteiger partial charge in [-0.3, -0.25) is 19.6 Å². The highest BCUT2D eigenvalue weighted by Gasteiger charge is 2.64. The van der Waals surface area contributed by atoms with Gasteiger partial charge in [0, 0.05) is 14.1 Å². The lowest BCUT2D eigenvalue weighted by Crippen LogP contribution is -2.33. The van der Waals surface area contributed by atoms with Crippen LogP contribution in [0.25, 0.3) is 0 Å². The lowest BCUT2D eigenvalue weighted by atomic mass is 10.1. The van der Waals surface area contributed by atoms with Crippen LogP contribution in [0.2, 0.25) is 0 Å². The summed E-state index contributed by atoms with van der Waals surface area (Å²) in [6.45, 7) is 0. The maximum absolute atomic E-state index is 11.4. The highest BCUT2D eigenvalue weighted by atomic mass is 16.2. The predicted octanol–water partition coefficient (Wildman–Crippen LogP) is -0.388. The first kappa shape index (κ1) is 6.64. The van der Waals surface area contributed by atoms with Crippen molar-refractivity contribution >= 4 is 11.8 Å². The molecular formula is C7H10N2O2. The number of carbonyl (C=O) groups is 2. The third-order valence-electron chi connectivity index (χ3n) is 2.61. The predicted molar refractivity (Wildman–Crippen MR) is 37.2 cm³/mol. The van der Waals surface area contributed by atoms with Crippen LogP contribution in [0.15, 0.2) is 0 Å². The van der Waals surface area contributed by atoms with Crippen LogP contribution in [0.3, 0.4) is 0 Å². The second kappa shape index (κ2) is 1.57. The summed E-state index contributed by atoms with van der Waals surface area (Å²) in [6.07, 6.45) is 1.47. The molecule has 1 spiro atoms. The molecule has 0 aromatic carbocycles. The van der Waals surface area contributed by atoms with Crippen molar-refractivity contribution in [3.05, 3.63) is 0 Å². The number of amides is 2. The van der Waals surface area contributed by atoms with Crippen LogP contribution < -0.4 is 0 Å². The van der Waals surface area contributed by atoms with Crippen LogP contribution in [0.5, 0.6) is 0 Å². The number of nitrogens with zero attached hydrogens (tertiary/aromatic N) is 2. The molecule has 2 aliphatic rings. The smallest absolute Gasteiger partial charge is 0.256 e. The van der Waals surface area contributed by atoms with E-state index in [1.165, 1.54) is 10.0 Å². The summed E-state index contributed by atoms with van der Waals surface area (Å²) in [4.78, 5) is 22.7. The summed E-state index contributed by atoms with van der Waals surface area (Å²) in [5, 5.41) is 2.80. The number of hydrogen-bond acceptors (Lipinski definition) is 2. The van der Waals surface area contributed by atoms with Crippen LogP contribution in [0.1, 0.15) is 12.8 Å². The molecule has 60 valence electrons. The summed E-state index contributed by atoms with van der Waals surface area (Å²) >= 11 is 0. The molecule has 2 rings (SSSR count). The van der Waals surface area contributed by atoms with E-state index in [2.05, 4.69) is 0 Å². The molecule has 0 N–H and O–H groups in total. The highest BCUT2D eigenvalue weighted by molar-refractivity contribution is 6.12. The van der Waals surface area contributed by atoms with E-state index in [9.17, 15) is 9.59 Å². The van der Waals surface area contributed by atoms with E-state index in [0.29, 0.717) is 0 Å². The summed E-state index contributed by atoms with van der Waals surface area (Å²) in [7, 11) is 3.26. The van der Waals surface area contributed by atoms with Crippen molar-refractivity contribution in [3.8, 4) is 0 Å². The first-order chi connectivity index (χ1) is 5.09. The molecule has 0 radical (unpaired) electrons. The first-order valence-electron chi connectivity index (χ1n) is 3.66. The third kappa shape index (κ3) is 0.552. The van der Waals surface area contributed by atoms with Crippen molar-refractivity contribution in [1.82, 2.24) is 10.0 Å². The molecule has 1 aliphatic heterocycles. The first-order valence-corrected chi connectivity index (χ1v) is 3.66. The van der Waals surface area contributed by atoms with Gasteiger partial charge in [-0.2, -0.15) is 0 Å². The van der Waals surface area contributed by atoms with E-state index < -0.39 is 5.41 Å². The summed E-state index contributed by atoms with van der Waals surface area (Å²) in [5.74, 6) is -0.0741. The molecular weight excluding hydrogens is 144 g/mol. The largest absolute Gasteiger partial charge is 0.272 e. The lowest BCUT2D eigenvalue weighted by molar-refractivity contribution is -0.141. The van der Waals surface area contributed by atoms with Crippen molar-refractivity contribution in [1.29, 1.82) is 0 Å². The van der Waals surface area contributed by atoms with Gasteiger partial charge in [0.2, 0.25) is 0 Å². The van der Waals surface area contributed by atoms with Gasteiger partial charge in [-0.1, -0.05) is 0 Å². The van der Waals surface area contributed by atoms with Crippen molar-refractivity contribution in [2.24, 2.45) is 5.41 Å². The van der Waals surface area contributed by atoms with Gasteiger partial charge in [0.05, 0.1) is 0 Å². The SMILES string of the molecule is CN1C(=O)C2(CC2)C(=O)N1C. The molecule has 1 aliphatic carbocycles. The number of rotatable bonds is 0. The van der Waals surface area contributed by atoms with Crippen molar-refractivity contribution < 1.29 is 9.59 Å². The average molecular weight is 154 g/mol. The van der Waals surface area contributed by atoms with Crippen molar-refractivity contribution in [2.45, 2.75) is 12.8 Å². The van der Waals surface area contributed by atoms with Crippen LogP contribution in [0.4, 0.5) is 0 Å². The Morgan fingerprint density at radius 2 is 1.45 bits per heavy atom.